The number of hydrogen-bond donors (Lipinski definition) is 3. The monoisotopic (exact) mass is 430 g/mol. The van der Waals surface area contributed by atoms with Gasteiger partial charge in [0.2, 0.25) is 0 Å². The van der Waals surface area contributed by atoms with E-state index in [0.717, 1.165) is 31.5 Å². The number of nitrogens with zero attached hydrogens (tertiary/aromatic N) is 3. The van der Waals surface area contributed by atoms with Crippen molar-refractivity contribution in [3.8, 4) is 0 Å². The van der Waals surface area contributed by atoms with E-state index in [4.69, 9.17) is 4.42 Å². The Bertz CT molecular complexity index is 1010. The fraction of sp³-hybridized carbons (Fsp3) is 0.300. The van der Waals surface area contributed by atoms with E-state index in [1.54, 1.807) is 41.2 Å². The Kier molecular flexibility index (Phi) is 6.86. The molecule has 2 amide bonds. The van der Waals surface area contributed by atoms with Crippen molar-refractivity contribution in [2.75, 3.05) is 23.7 Å². The number of piperidine rings is 1. The van der Waals surface area contributed by atoms with Crippen molar-refractivity contribution in [3.05, 3.63) is 59.8 Å². The Morgan fingerprint density at radius 1 is 1.17 bits per heavy atom. The number of rotatable bonds is 5. The molecule has 1 fully saturated rings. The zero-order valence-electron chi connectivity index (χ0n) is 16.4. The van der Waals surface area contributed by atoms with Gasteiger partial charge in [0, 0.05) is 11.4 Å². The highest BCUT2D eigenvalue weighted by molar-refractivity contribution is 6.04. The van der Waals surface area contributed by atoms with Gasteiger partial charge in [-0.15, -0.1) is 17.5 Å². The zero-order valence-corrected chi connectivity index (χ0v) is 17.2. The third kappa shape index (κ3) is 4.87. The number of anilines is 2. The first-order valence-electron chi connectivity index (χ1n) is 9.49. The average molecular weight is 431 g/mol. The topological polar surface area (TPSA) is 114 Å². The molecule has 3 N–H and O–H groups in total. The maximum Gasteiger partial charge on any atom is 0.291 e. The number of benzene rings is 1. The van der Waals surface area contributed by atoms with Gasteiger partial charge in [0.05, 0.1) is 18.5 Å². The molecule has 0 unspecified atom stereocenters. The number of amides is 2. The highest BCUT2D eigenvalue weighted by atomic mass is 35.5. The standard InChI is InChI=1S/C20H22N6O3.ClH/c1-13-11-14(4-5-16(13)23-20(28)18-3-2-10-29-18)22-19(27)17-12-26(25-24-17)15-6-8-21-9-7-15;/h2-5,10-12,15,21H,6-9H2,1H3,(H,22,27)(H,23,28);1H. The van der Waals surface area contributed by atoms with Crippen LogP contribution in [0, 0.1) is 6.92 Å². The van der Waals surface area contributed by atoms with Crippen LogP contribution in [-0.4, -0.2) is 39.9 Å². The van der Waals surface area contributed by atoms with Crippen molar-refractivity contribution < 1.29 is 14.0 Å². The van der Waals surface area contributed by atoms with Gasteiger partial charge in [-0.2, -0.15) is 0 Å². The summed E-state index contributed by atoms with van der Waals surface area (Å²) in [7, 11) is 0. The highest BCUT2D eigenvalue weighted by Crippen LogP contribution is 2.22. The van der Waals surface area contributed by atoms with Gasteiger partial charge in [-0.25, -0.2) is 4.68 Å². The predicted molar refractivity (Wildman–Crippen MR) is 114 cm³/mol. The molecule has 3 heterocycles. The smallest absolute Gasteiger partial charge is 0.291 e. The molecule has 9 nitrogen and oxygen atoms in total. The molecule has 0 saturated carbocycles. The van der Waals surface area contributed by atoms with E-state index in [2.05, 4.69) is 26.3 Å². The van der Waals surface area contributed by atoms with Crippen LogP contribution in [0.15, 0.2) is 47.2 Å². The highest BCUT2D eigenvalue weighted by Gasteiger charge is 2.19. The number of furan rings is 1. The second kappa shape index (κ2) is 9.55. The van der Waals surface area contributed by atoms with Crippen molar-refractivity contribution in [2.45, 2.75) is 25.8 Å². The van der Waals surface area contributed by atoms with Gasteiger partial charge in [-0.1, -0.05) is 5.21 Å². The number of aryl methyl sites for hydroxylation is 1. The Balaban J connectivity index is 0.00000256. The lowest BCUT2D eigenvalue weighted by Gasteiger charge is -2.22. The first kappa shape index (κ1) is 21.5. The Morgan fingerprint density at radius 3 is 2.67 bits per heavy atom. The molecule has 0 atom stereocenters. The summed E-state index contributed by atoms with van der Waals surface area (Å²) in [6.45, 7) is 3.73. The van der Waals surface area contributed by atoms with E-state index in [9.17, 15) is 9.59 Å². The molecular formula is C20H23ClN6O3. The lowest BCUT2D eigenvalue weighted by Crippen LogP contribution is -2.29. The quantitative estimate of drug-likeness (QED) is 0.573. The summed E-state index contributed by atoms with van der Waals surface area (Å²) >= 11 is 0. The molecule has 2 aromatic heterocycles. The molecule has 30 heavy (non-hydrogen) atoms. The van der Waals surface area contributed by atoms with E-state index in [1.165, 1.54) is 6.26 Å². The van der Waals surface area contributed by atoms with Crippen molar-refractivity contribution in [2.24, 2.45) is 0 Å². The number of carbonyl (C=O) groups is 2. The first-order chi connectivity index (χ1) is 14.1. The van der Waals surface area contributed by atoms with Crippen LogP contribution in [0.4, 0.5) is 11.4 Å². The Hall–Kier alpha value is -3.17. The largest absolute Gasteiger partial charge is 0.459 e. The van der Waals surface area contributed by atoms with Crippen LogP contribution in [-0.2, 0) is 0 Å². The van der Waals surface area contributed by atoms with Gasteiger partial charge in [0.1, 0.15) is 0 Å². The van der Waals surface area contributed by atoms with Crippen LogP contribution in [0.25, 0.3) is 0 Å². The van der Waals surface area contributed by atoms with Crippen LogP contribution in [0.2, 0.25) is 0 Å². The van der Waals surface area contributed by atoms with Crippen LogP contribution in [0.5, 0.6) is 0 Å². The molecule has 1 aromatic carbocycles. The second-order valence-corrected chi connectivity index (χ2v) is 6.98. The summed E-state index contributed by atoms with van der Waals surface area (Å²) < 4.78 is 6.86. The molecule has 4 rings (SSSR count). The molecule has 1 aliphatic heterocycles. The van der Waals surface area contributed by atoms with Crippen LogP contribution < -0.4 is 16.0 Å². The molecule has 158 valence electrons. The lowest BCUT2D eigenvalue weighted by molar-refractivity contribution is 0.0994. The molecule has 10 heteroatoms. The molecular weight excluding hydrogens is 408 g/mol. The van der Waals surface area contributed by atoms with Gasteiger partial charge in [0.25, 0.3) is 11.8 Å². The van der Waals surface area contributed by atoms with Crippen LogP contribution >= 0.6 is 12.4 Å². The van der Waals surface area contributed by atoms with E-state index >= 15 is 0 Å². The molecule has 1 aliphatic rings. The van der Waals surface area contributed by atoms with E-state index in [-0.39, 0.29) is 41.7 Å². The van der Waals surface area contributed by atoms with Gasteiger partial charge in [0.15, 0.2) is 11.5 Å². The maximum atomic E-state index is 12.5. The minimum atomic E-state index is -0.329. The van der Waals surface area contributed by atoms with Gasteiger partial charge in [-0.3, -0.25) is 9.59 Å². The van der Waals surface area contributed by atoms with E-state index < -0.39 is 0 Å². The molecule has 0 spiro atoms. The van der Waals surface area contributed by atoms with Crippen LogP contribution in [0.3, 0.4) is 0 Å². The minimum Gasteiger partial charge on any atom is -0.459 e. The summed E-state index contributed by atoms with van der Waals surface area (Å²) in [4.78, 5) is 24.6. The Morgan fingerprint density at radius 2 is 1.97 bits per heavy atom. The number of halogens is 1. The number of hydrogen-bond acceptors (Lipinski definition) is 6. The summed E-state index contributed by atoms with van der Waals surface area (Å²) in [6.07, 6.45) is 5.07. The lowest BCUT2D eigenvalue weighted by atomic mass is 10.1. The first-order valence-corrected chi connectivity index (χ1v) is 9.49. The molecule has 0 aliphatic carbocycles. The second-order valence-electron chi connectivity index (χ2n) is 6.98. The molecule has 0 bridgehead atoms. The molecule has 3 aromatic rings. The summed E-state index contributed by atoms with van der Waals surface area (Å²) in [5.74, 6) is -0.417. The summed E-state index contributed by atoms with van der Waals surface area (Å²) in [6, 6.07) is 8.76. The van der Waals surface area contributed by atoms with E-state index in [0.29, 0.717) is 11.4 Å². The van der Waals surface area contributed by atoms with Gasteiger partial charge in [-0.05, 0) is 68.8 Å². The Labute approximate surface area is 179 Å². The normalized spacial score (nSPS) is 14.0. The summed E-state index contributed by atoms with van der Waals surface area (Å²) in [5.41, 5.74) is 2.33. The fourth-order valence-electron chi connectivity index (χ4n) is 3.30. The van der Waals surface area contributed by atoms with Crippen molar-refractivity contribution in [1.82, 2.24) is 20.3 Å². The SMILES string of the molecule is Cc1cc(NC(=O)c2cn(C3CCNCC3)nn2)ccc1NC(=O)c1ccco1.Cl. The maximum absolute atomic E-state index is 12.5. The third-order valence-electron chi connectivity index (χ3n) is 4.90. The summed E-state index contributed by atoms with van der Waals surface area (Å²) in [5, 5.41) is 17.0. The van der Waals surface area contributed by atoms with Gasteiger partial charge >= 0.3 is 0 Å². The zero-order chi connectivity index (χ0) is 20.2. The average Bonchev–Trinajstić information content (AvgIpc) is 3.43. The van der Waals surface area contributed by atoms with Gasteiger partial charge < -0.3 is 20.4 Å². The number of nitrogens with one attached hydrogen (secondary N) is 3. The number of carbonyl (C=O) groups excluding carboxylic acids is 2. The van der Waals surface area contributed by atoms with Crippen molar-refractivity contribution >= 4 is 35.6 Å². The minimum absolute atomic E-state index is 0. The van der Waals surface area contributed by atoms with E-state index in [1.807, 2.05) is 6.92 Å². The van der Waals surface area contributed by atoms with Crippen LogP contribution in [0.1, 0.15) is 45.5 Å². The number of aromatic nitrogens is 3. The predicted octanol–water partition coefficient (Wildman–Crippen LogP) is 3.03. The van der Waals surface area contributed by atoms with Crippen molar-refractivity contribution in [1.29, 1.82) is 0 Å². The van der Waals surface area contributed by atoms with Crippen molar-refractivity contribution in [3.63, 3.8) is 0 Å². The third-order valence-corrected chi connectivity index (χ3v) is 4.90. The molecule has 1 saturated heterocycles. The fourth-order valence-corrected chi connectivity index (χ4v) is 3.30. The molecule has 0 radical (unpaired) electrons.